The summed E-state index contributed by atoms with van der Waals surface area (Å²) in [4.78, 5) is 4.48. The van der Waals surface area contributed by atoms with Gasteiger partial charge in [0.1, 0.15) is 0 Å². The third-order valence-electron chi connectivity index (χ3n) is 4.94. The molecule has 3 rings (SSSR count). The number of ether oxygens (including phenoxy) is 1. The van der Waals surface area contributed by atoms with E-state index in [1.54, 1.807) is 7.11 Å². The average Bonchev–Trinajstić information content (AvgIpc) is 2.73. The molecule has 2 aromatic rings. The number of aromatic nitrogens is 1. The molecule has 2 heterocycles. The predicted molar refractivity (Wildman–Crippen MR) is 93.0 cm³/mol. The first-order valence-electron chi connectivity index (χ1n) is 8.06. The molecule has 0 spiro atoms. The summed E-state index contributed by atoms with van der Waals surface area (Å²) in [5, 5.41) is 2.31. The molecule has 0 radical (unpaired) electrons. The highest BCUT2D eigenvalue weighted by atomic mass is 16.7. The fourth-order valence-corrected chi connectivity index (χ4v) is 2.78. The summed E-state index contributed by atoms with van der Waals surface area (Å²) >= 11 is 0. The van der Waals surface area contributed by atoms with Crippen molar-refractivity contribution in [2.75, 3.05) is 13.7 Å². The predicted octanol–water partition coefficient (Wildman–Crippen LogP) is 2.72. The number of methoxy groups -OCH3 is 1. The minimum atomic E-state index is -0.333. The maximum absolute atomic E-state index is 6.14. The molecular weight excluding hydrogens is 289 g/mol. The fraction of sp³-hybridized carbons (Fsp3) is 0.500. The van der Waals surface area contributed by atoms with E-state index in [1.165, 1.54) is 0 Å². The van der Waals surface area contributed by atoms with E-state index in [-0.39, 0.29) is 18.3 Å². The molecule has 0 saturated carbocycles. The molecule has 1 aliphatic heterocycles. The van der Waals surface area contributed by atoms with Gasteiger partial charge in [0, 0.05) is 25.1 Å². The molecule has 4 nitrogen and oxygen atoms in total. The summed E-state index contributed by atoms with van der Waals surface area (Å²) in [6.45, 7) is 8.95. The van der Waals surface area contributed by atoms with Crippen molar-refractivity contribution in [2.45, 2.75) is 45.3 Å². The zero-order valence-electron chi connectivity index (χ0n) is 14.6. The first kappa shape index (κ1) is 16.4. The largest absolute Gasteiger partial charge is 0.494 e. The van der Waals surface area contributed by atoms with Gasteiger partial charge in [-0.2, -0.15) is 0 Å². The minimum Gasteiger partial charge on any atom is -0.399 e. The van der Waals surface area contributed by atoms with Crippen molar-refractivity contribution in [3.05, 3.63) is 36.2 Å². The Morgan fingerprint density at radius 2 is 1.78 bits per heavy atom. The Labute approximate surface area is 138 Å². The van der Waals surface area contributed by atoms with E-state index in [2.05, 4.69) is 50.9 Å². The molecule has 1 aromatic carbocycles. The minimum absolute atomic E-state index is 0.325. The van der Waals surface area contributed by atoms with E-state index in [0.29, 0.717) is 6.61 Å². The summed E-state index contributed by atoms with van der Waals surface area (Å²) < 4.78 is 17.4. The van der Waals surface area contributed by atoms with Crippen LogP contribution < -0.4 is 5.46 Å². The van der Waals surface area contributed by atoms with Gasteiger partial charge in [-0.05, 0) is 44.6 Å². The van der Waals surface area contributed by atoms with Crippen LogP contribution in [0.2, 0.25) is 0 Å². The van der Waals surface area contributed by atoms with Crippen molar-refractivity contribution in [1.29, 1.82) is 0 Å². The van der Waals surface area contributed by atoms with E-state index < -0.39 is 0 Å². The highest BCUT2D eigenvalue weighted by Gasteiger charge is 2.51. The average molecular weight is 313 g/mol. The Morgan fingerprint density at radius 3 is 2.43 bits per heavy atom. The van der Waals surface area contributed by atoms with E-state index >= 15 is 0 Å². The van der Waals surface area contributed by atoms with E-state index in [4.69, 9.17) is 14.0 Å². The molecule has 1 fully saturated rings. The van der Waals surface area contributed by atoms with Crippen LogP contribution in [0, 0.1) is 0 Å². The fourth-order valence-electron chi connectivity index (χ4n) is 2.78. The molecule has 0 bridgehead atoms. The van der Waals surface area contributed by atoms with Crippen LogP contribution in [0.4, 0.5) is 0 Å². The zero-order valence-corrected chi connectivity index (χ0v) is 14.6. The summed E-state index contributed by atoms with van der Waals surface area (Å²) in [5.74, 6) is 0. The SMILES string of the molecule is COCCc1nccc2cc(B3OC(C)(C)C(C)(C)O3)ccc12. The third-order valence-corrected chi connectivity index (χ3v) is 4.94. The van der Waals surface area contributed by atoms with Gasteiger partial charge in [-0.1, -0.05) is 18.2 Å². The van der Waals surface area contributed by atoms with Gasteiger partial charge in [-0.15, -0.1) is 0 Å². The number of nitrogens with zero attached hydrogens (tertiary/aromatic N) is 1. The van der Waals surface area contributed by atoms with E-state index in [0.717, 1.165) is 28.4 Å². The van der Waals surface area contributed by atoms with Gasteiger partial charge in [-0.3, -0.25) is 4.98 Å². The normalized spacial score (nSPS) is 19.4. The molecule has 23 heavy (non-hydrogen) atoms. The van der Waals surface area contributed by atoms with Crippen LogP contribution in [0.5, 0.6) is 0 Å². The summed E-state index contributed by atoms with van der Waals surface area (Å²) in [5.41, 5.74) is 1.45. The smallest absolute Gasteiger partial charge is 0.399 e. The van der Waals surface area contributed by atoms with Gasteiger partial charge in [0.05, 0.1) is 23.5 Å². The number of benzene rings is 1. The Kier molecular flexibility index (Phi) is 4.21. The van der Waals surface area contributed by atoms with Crippen LogP contribution in [0.15, 0.2) is 30.5 Å². The molecule has 1 aromatic heterocycles. The van der Waals surface area contributed by atoms with Gasteiger partial charge < -0.3 is 14.0 Å². The van der Waals surface area contributed by atoms with Crippen molar-refractivity contribution >= 4 is 23.4 Å². The summed E-state index contributed by atoms with van der Waals surface area (Å²) in [6, 6.07) is 8.34. The summed E-state index contributed by atoms with van der Waals surface area (Å²) in [6.07, 6.45) is 2.66. The molecule has 122 valence electrons. The molecule has 0 amide bonds. The van der Waals surface area contributed by atoms with Crippen LogP contribution in [-0.2, 0) is 20.5 Å². The lowest BCUT2D eigenvalue weighted by Gasteiger charge is -2.32. The topological polar surface area (TPSA) is 40.6 Å². The number of rotatable bonds is 4. The maximum atomic E-state index is 6.14. The Bertz CT molecular complexity index is 698. The lowest BCUT2D eigenvalue weighted by molar-refractivity contribution is 0.00578. The Balaban J connectivity index is 1.93. The monoisotopic (exact) mass is 313 g/mol. The van der Waals surface area contributed by atoms with E-state index in [9.17, 15) is 0 Å². The van der Waals surface area contributed by atoms with Crippen molar-refractivity contribution in [1.82, 2.24) is 4.98 Å². The summed E-state index contributed by atoms with van der Waals surface area (Å²) in [7, 11) is 1.38. The van der Waals surface area contributed by atoms with Crippen molar-refractivity contribution in [2.24, 2.45) is 0 Å². The molecule has 0 N–H and O–H groups in total. The highest BCUT2D eigenvalue weighted by Crippen LogP contribution is 2.36. The van der Waals surface area contributed by atoms with Gasteiger partial charge in [0.2, 0.25) is 0 Å². The second kappa shape index (κ2) is 5.89. The van der Waals surface area contributed by atoms with Crippen LogP contribution >= 0.6 is 0 Å². The van der Waals surface area contributed by atoms with Crippen LogP contribution in [0.3, 0.4) is 0 Å². The van der Waals surface area contributed by atoms with Crippen molar-refractivity contribution < 1.29 is 14.0 Å². The third kappa shape index (κ3) is 3.01. The second-order valence-corrected chi connectivity index (χ2v) is 7.07. The molecule has 1 saturated heterocycles. The Hall–Kier alpha value is -1.43. The first-order chi connectivity index (χ1) is 10.8. The zero-order chi connectivity index (χ0) is 16.7. The van der Waals surface area contributed by atoms with Crippen molar-refractivity contribution in [3.8, 4) is 0 Å². The number of fused-ring (bicyclic) bond motifs is 1. The van der Waals surface area contributed by atoms with Crippen LogP contribution in [-0.4, -0.2) is 37.0 Å². The Morgan fingerprint density at radius 1 is 1.09 bits per heavy atom. The van der Waals surface area contributed by atoms with E-state index in [1.807, 2.05) is 12.3 Å². The highest BCUT2D eigenvalue weighted by molar-refractivity contribution is 6.62. The lowest BCUT2D eigenvalue weighted by Crippen LogP contribution is -2.41. The molecule has 1 aliphatic rings. The molecular formula is C18H24BNO3. The molecule has 5 heteroatoms. The lowest BCUT2D eigenvalue weighted by atomic mass is 9.78. The first-order valence-corrected chi connectivity index (χ1v) is 8.06. The van der Waals surface area contributed by atoms with Gasteiger partial charge in [-0.25, -0.2) is 0 Å². The quantitative estimate of drug-likeness (QED) is 0.814. The van der Waals surface area contributed by atoms with Gasteiger partial charge >= 0.3 is 7.12 Å². The molecule has 0 aliphatic carbocycles. The standard InChI is InChI=1S/C18H24BNO3/c1-17(2)18(3,4)23-19(22-17)14-6-7-15-13(12-14)8-10-20-16(15)9-11-21-5/h6-8,10,12H,9,11H2,1-5H3. The number of pyridine rings is 1. The molecule has 0 unspecified atom stereocenters. The van der Waals surface area contributed by atoms with Gasteiger partial charge in [0.25, 0.3) is 0 Å². The van der Waals surface area contributed by atoms with Crippen LogP contribution in [0.1, 0.15) is 33.4 Å². The van der Waals surface area contributed by atoms with Crippen molar-refractivity contribution in [3.63, 3.8) is 0 Å². The van der Waals surface area contributed by atoms with Gasteiger partial charge in [0.15, 0.2) is 0 Å². The molecule has 0 atom stereocenters. The second-order valence-electron chi connectivity index (χ2n) is 7.07. The van der Waals surface area contributed by atoms with Crippen LogP contribution in [0.25, 0.3) is 10.8 Å². The number of hydrogen-bond acceptors (Lipinski definition) is 4. The maximum Gasteiger partial charge on any atom is 0.494 e. The number of hydrogen-bond donors (Lipinski definition) is 0.